The van der Waals surface area contributed by atoms with Crippen molar-refractivity contribution < 1.29 is 0 Å². The molecule has 106 valence electrons. The first-order valence-corrected chi connectivity index (χ1v) is 7.60. The van der Waals surface area contributed by atoms with Gasteiger partial charge in [0.1, 0.15) is 0 Å². The van der Waals surface area contributed by atoms with E-state index in [0.29, 0.717) is 10.8 Å². The van der Waals surface area contributed by atoms with Gasteiger partial charge in [0.15, 0.2) is 0 Å². The zero-order chi connectivity index (χ0) is 14.2. The van der Waals surface area contributed by atoms with Gasteiger partial charge >= 0.3 is 0 Å². The van der Waals surface area contributed by atoms with E-state index >= 15 is 0 Å². The zero-order valence-corrected chi connectivity index (χ0v) is 14.1. The second kappa shape index (κ2) is 8.09. The third kappa shape index (κ3) is 13.9. The molecule has 0 nitrogen and oxygen atoms in total. The normalized spacial score (nSPS) is 14.5. The summed E-state index contributed by atoms with van der Waals surface area (Å²) in [6, 6.07) is 0. The molecule has 0 aromatic heterocycles. The lowest BCUT2D eigenvalue weighted by molar-refractivity contribution is 0.361. The monoisotopic (exact) mass is 268 g/mol. The van der Waals surface area contributed by atoms with Crippen LogP contribution in [-0.2, 0) is 0 Å². The molecule has 0 amide bonds. The molecule has 0 aromatic carbocycles. The summed E-state index contributed by atoms with van der Waals surface area (Å²) in [6.45, 7) is 13.7. The van der Waals surface area contributed by atoms with Gasteiger partial charge in [-0.15, -0.1) is 12.6 Å². The lowest BCUT2D eigenvalue weighted by atomic mass is 9.89. The second-order valence-corrected chi connectivity index (χ2v) is 8.19. The fourth-order valence-corrected chi connectivity index (χ4v) is 1.89. The zero-order valence-electron chi connectivity index (χ0n) is 13.2. The summed E-state index contributed by atoms with van der Waals surface area (Å²) in [5.74, 6) is 0. The summed E-state index contributed by atoms with van der Waals surface area (Å²) in [4.78, 5) is 1.20. The van der Waals surface area contributed by atoms with Crippen LogP contribution in [-0.4, -0.2) is 0 Å². The van der Waals surface area contributed by atoms with Crippen LogP contribution < -0.4 is 0 Å². The van der Waals surface area contributed by atoms with E-state index in [1.54, 1.807) is 0 Å². The standard InChI is InChI=1S/C17H32S/c1-16(2,3)13-9-7-11-15(18)12-8-10-14-17(4,5)6/h7,9,11,18H,8,10,12-14H2,1-6H3/b9-7-,15-11-. The lowest BCUT2D eigenvalue weighted by Gasteiger charge is -2.17. The molecule has 0 atom stereocenters. The van der Waals surface area contributed by atoms with Gasteiger partial charge in [-0.1, -0.05) is 66.2 Å². The maximum atomic E-state index is 4.53. The van der Waals surface area contributed by atoms with Crippen molar-refractivity contribution in [2.45, 2.75) is 73.6 Å². The molecular formula is C17H32S. The van der Waals surface area contributed by atoms with Crippen molar-refractivity contribution in [2.75, 3.05) is 0 Å². The highest BCUT2D eigenvalue weighted by Crippen LogP contribution is 2.23. The maximum Gasteiger partial charge on any atom is -0.0184 e. The number of rotatable bonds is 6. The van der Waals surface area contributed by atoms with E-state index in [1.807, 2.05) is 0 Å². The van der Waals surface area contributed by atoms with Crippen molar-refractivity contribution in [3.8, 4) is 0 Å². The Morgan fingerprint density at radius 3 is 2.06 bits per heavy atom. The summed E-state index contributed by atoms with van der Waals surface area (Å²) >= 11 is 4.53. The van der Waals surface area contributed by atoms with Gasteiger partial charge in [-0.2, -0.15) is 0 Å². The average molecular weight is 269 g/mol. The van der Waals surface area contributed by atoms with E-state index in [-0.39, 0.29) is 0 Å². The molecule has 0 N–H and O–H groups in total. The average Bonchev–Trinajstić information content (AvgIpc) is 2.17. The minimum absolute atomic E-state index is 0.383. The molecule has 0 spiro atoms. The number of thiol groups is 1. The predicted octanol–water partition coefficient (Wildman–Crippen LogP) is 6.40. The van der Waals surface area contributed by atoms with Crippen LogP contribution in [0.4, 0.5) is 0 Å². The van der Waals surface area contributed by atoms with Gasteiger partial charge in [0.2, 0.25) is 0 Å². The highest BCUT2D eigenvalue weighted by molar-refractivity contribution is 7.84. The summed E-state index contributed by atoms with van der Waals surface area (Å²) in [6.07, 6.45) is 12.6. The van der Waals surface area contributed by atoms with Gasteiger partial charge in [-0.25, -0.2) is 0 Å². The van der Waals surface area contributed by atoms with E-state index in [0.717, 1.165) is 12.8 Å². The molecule has 0 rings (SSSR count). The Labute approximate surface area is 120 Å². The maximum absolute atomic E-state index is 4.53. The van der Waals surface area contributed by atoms with Crippen LogP contribution >= 0.6 is 12.6 Å². The second-order valence-electron chi connectivity index (χ2n) is 7.62. The number of hydrogen-bond donors (Lipinski definition) is 1. The smallest absolute Gasteiger partial charge is 0.0184 e. The molecule has 0 saturated heterocycles. The largest absolute Gasteiger partial charge is 0.148 e. The molecule has 0 fully saturated rings. The van der Waals surface area contributed by atoms with Crippen LogP contribution in [0.5, 0.6) is 0 Å². The van der Waals surface area contributed by atoms with Crippen molar-refractivity contribution in [1.82, 2.24) is 0 Å². The lowest BCUT2D eigenvalue weighted by Crippen LogP contribution is -2.03. The van der Waals surface area contributed by atoms with Crippen molar-refractivity contribution in [3.63, 3.8) is 0 Å². The number of hydrogen-bond acceptors (Lipinski definition) is 1. The van der Waals surface area contributed by atoms with Crippen molar-refractivity contribution in [1.29, 1.82) is 0 Å². The molecule has 18 heavy (non-hydrogen) atoms. The molecule has 0 aliphatic heterocycles. The Balaban J connectivity index is 3.79. The van der Waals surface area contributed by atoms with Gasteiger partial charge in [0.05, 0.1) is 0 Å². The van der Waals surface area contributed by atoms with Crippen LogP contribution in [0.2, 0.25) is 0 Å². The molecule has 1 heteroatoms. The summed E-state index contributed by atoms with van der Waals surface area (Å²) < 4.78 is 0. The summed E-state index contributed by atoms with van der Waals surface area (Å²) in [5, 5.41) is 0. The first kappa shape index (κ1) is 17.8. The highest BCUT2D eigenvalue weighted by atomic mass is 32.1. The molecule has 0 saturated carbocycles. The van der Waals surface area contributed by atoms with Crippen LogP contribution in [0.15, 0.2) is 23.1 Å². The van der Waals surface area contributed by atoms with Gasteiger partial charge in [0, 0.05) is 0 Å². The topological polar surface area (TPSA) is 0 Å². The van der Waals surface area contributed by atoms with Gasteiger partial charge in [-0.05, 0) is 41.4 Å². The van der Waals surface area contributed by atoms with E-state index in [2.05, 4.69) is 72.4 Å². The Morgan fingerprint density at radius 2 is 1.56 bits per heavy atom. The van der Waals surface area contributed by atoms with E-state index in [4.69, 9.17) is 0 Å². The van der Waals surface area contributed by atoms with Crippen LogP contribution in [0, 0.1) is 10.8 Å². The molecule has 0 aromatic rings. The third-order valence-corrected chi connectivity index (χ3v) is 3.14. The molecule has 0 unspecified atom stereocenters. The van der Waals surface area contributed by atoms with Crippen LogP contribution in [0.1, 0.15) is 73.6 Å². The fraction of sp³-hybridized carbons (Fsp3) is 0.765. The van der Waals surface area contributed by atoms with Gasteiger partial charge in [0.25, 0.3) is 0 Å². The predicted molar refractivity (Wildman–Crippen MR) is 88.2 cm³/mol. The Morgan fingerprint density at radius 1 is 0.944 bits per heavy atom. The quantitative estimate of drug-likeness (QED) is 0.322. The first-order valence-electron chi connectivity index (χ1n) is 7.15. The highest BCUT2D eigenvalue weighted by Gasteiger charge is 2.08. The molecular weight excluding hydrogens is 236 g/mol. The summed E-state index contributed by atoms with van der Waals surface area (Å²) in [5.41, 5.74) is 0.848. The number of allylic oxidation sites excluding steroid dienone is 4. The van der Waals surface area contributed by atoms with Gasteiger partial charge < -0.3 is 0 Å². The minimum Gasteiger partial charge on any atom is -0.148 e. The molecule has 0 bridgehead atoms. The van der Waals surface area contributed by atoms with Crippen LogP contribution in [0.25, 0.3) is 0 Å². The molecule has 0 radical (unpaired) electrons. The van der Waals surface area contributed by atoms with E-state index in [9.17, 15) is 0 Å². The van der Waals surface area contributed by atoms with Gasteiger partial charge in [-0.3, -0.25) is 0 Å². The third-order valence-electron chi connectivity index (χ3n) is 2.76. The van der Waals surface area contributed by atoms with E-state index in [1.165, 1.54) is 24.2 Å². The molecule has 0 heterocycles. The van der Waals surface area contributed by atoms with E-state index < -0.39 is 0 Å². The SMILES string of the molecule is CC(C)(C)C/C=C\C=C(/S)CCCCC(C)(C)C. The Hall–Kier alpha value is -0.170. The minimum atomic E-state index is 0.383. The first-order chi connectivity index (χ1) is 8.10. The Kier molecular flexibility index (Phi) is 8.02. The Bertz CT molecular complexity index is 271. The number of unbranched alkanes of at least 4 members (excludes halogenated alkanes) is 1. The van der Waals surface area contributed by atoms with Crippen molar-refractivity contribution in [2.24, 2.45) is 10.8 Å². The van der Waals surface area contributed by atoms with Crippen LogP contribution in [0.3, 0.4) is 0 Å². The molecule has 0 aliphatic carbocycles. The fourth-order valence-electron chi connectivity index (χ4n) is 1.65. The summed E-state index contributed by atoms with van der Waals surface area (Å²) in [7, 11) is 0. The molecule has 0 aliphatic rings. The van der Waals surface area contributed by atoms with Crippen molar-refractivity contribution in [3.05, 3.63) is 23.1 Å². The van der Waals surface area contributed by atoms with Crippen molar-refractivity contribution >= 4 is 12.6 Å².